The molecule has 1 aliphatic heterocycles. The highest BCUT2D eigenvalue weighted by atomic mass is 16.6. The van der Waals surface area contributed by atoms with Gasteiger partial charge in [0.1, 0.15) is 5.60 Å². The number of rotatable bonds is 5. The van der Waals surface area contributed by atoms with Gasteiger partial charge in [-0.05, 0) is 77.0 Å². The van der Waals surface area contributed by atoms with E-state index in [0.717, 1.165) is 44.5 Å². The minimum Gasteiger partial charge on any atom is -0.444 e. The topological polar surface area (TPSA) is 49.9 Å². The van der Waals surface area contributed by atoms with E-state index in [9.17, 15) is 9.59 Å². The highest BCUT2D eigenvalue weighted by Crippen LogP contribution is 2.36. The highest BCUT2D eigenvalue weighted by Gasteiger charge is 2.30. The summed E-state index contributed by atoms with van der Waals surface area (Å²) < 4.78 is 5.57. The van der Waals surface area contributed by atoms with Crippen LogP contribution >= 0.6 is 0 Å². The molecule has 1 aliphatic rings. The van der Waals surface area contributed by atoms with Gasteiger partial charge in [0.15, 0.2) is 0 Å². The molecule has 0 bridgehead atoms. The predicted molar refractivity (Wildman–Crippen MR) is 117 cm³/mol. The van der Waals surface area contributed by atoms with Gasteiger partial charge < -0.3 is 14.5 Å². The van der Waals surface area contributed by atoms with Gasteiger partial charge >= 0.3 is 6.09 Å². The van der Waals surface area contributed by atoms with E-state index in [1.54, 1.807) is 0 Å². The Morgan fingerprint density at radius 2 is 1.62 bits per heavy atom. The fraction of sp³-hybridized carbons (Fsp3) is 0.667. The van der Waals surface area contributed by atoms with Crippen molar-refractivity contribution in [2.45, 2.75) is 72.3 Å². The quantitative estimate of drug-likeness (QED) is 0.671. The molecule has 1 heterocycles. The van der Waals surface area contributed by atoms with Crippen LogP contribution < -0.4 is 0 Å². The van der Waals surface area contributed by atoms with Crippen molar-refractivity contribution < 1.29 is 14.3 Å². The second kappa shape index (κ2) is 10.1. The van der Waals surface area contributed by atoms with E-state index in [4.69, 9.17) is 4.74 Å². The smallest absolute Gasteiger partial charge is 0.410 e. The van der Waals surface area contributed by atoms with Crippen LogP contribution in [0.25, 0.3) is 0 Å². The molecule has 1 saturated heterocycles. The van der Waals surface area contributed by atoms with Crippen molar-refractivity contribution in [3.8, 4) is 0 Å². The summed E-state index contributed by atoms with van der Waals surface area (Å²) in [6, 6.07) is 8.12. The predicted octanol–water partition coefficient (Wildman–Crippen LogP) is 5.31. The first kappa shape index (κ1) is 23.2. The molecule has 1 fully saturated rings. The Morgan fingerprint density at radius 1 is 1.03 bits per heavy atom. The van der Waals surface area contributed by atoms with Crippen LogP contribution in [0, 0.1) is 5.92 Å². The van der Waals surface area contributed by atoms with Gasteiger partial charge in [-0.25, -0.2) is 4.79 Å². The standard InChI is InChI=1S/C24H38N2O3/c1-7-18-14-16-26(23(28)29-24(4,5)6)17-15-21(18)19-10-12-20(13-11-19)22(27)25(8-2)9-3/h10-13,18,21H,7-9,14-17H2,1-6H3/t18-,21-/m0/s1. The molecule has 2 amide bonds. The molecule has 162 valence electrons. The van der Waals surface area contributed by atoms with E-state index < -0.39 is 5.60 Å². The Morgan fingerprint density at radius 3 is 2.14 bits per heavy atom. The van der Waals surface area contributed by atoms with E-state index in [0.29, 0.717) is 18.4 Å². The van der Waals surface area contributed by atoms with E-state index in [1.807, 2.05) is 56.6 Å². The molecule has 0 aromatic heterocycles. The molecular formula is C24H38N2O3. The van der Waals surface area contributed by atoms with Crippen molar-refractivity contribution in [3.05, 3.63) is 35.4 Å². The fourth-order valence-electron chi connectivity index (χ4n) is 4.17. The van der Waals surface area contributed by atoms with Crippen LogP contribution in [0.4, 0.5) is 4.79 Å². The Bertz CT molecular complexity index is 674. The summed E-state index contributed by atoms with van der Waals surface area (Å²) in [5, 5.41) is 0. The van der Waals surface area contributed by atoms with Gasteiger partial charge in [-0.3, -0.25) is 4.79 Å². The summed E-state index contributed by atoms with van der Waals surface area (Å²) >= 11 is 0. The van der Waals surface area contributed by atoms with Crippen molar-refractivity contribution in [1.29, 1.82) is 0 Å². The number of likely N-dealkylation sites (tertiary alicyclic amines) is 1. The van der Waals surface area contributed by atoms with Gasteiger partial charge in [0.2, 0.25) is 0 Å². The van der Waals surface area contributed by atoms with Crippen LogP contribution in [0.2, 0.25) is 0 Å². The Hall–Kier alpha value is -2.04. The molecule has 0 radical (unpaired) electrons. The third kappa shape index (κ3) is 6.22. The maximum Gasteiger partial charge on any atom is 0.410 e. The molecule has 0 saturated carbocycles. The lowest BCUT2D eigenvalue weighted by molar-refractivity contribution is 0.0254. The van der Waals surface area contributed by atoms with Crippen molar-refractivity contribution in [2.24, 2.45) is 5.92 Å². The number of hydrogen-bond donors (Lipinski definition) is 0. The van der Waals surface area contributed by atoms with Gasteiger partial charge in [-0.1, -0.05) is 25.5 Å². The monoisotopic (exact) mass is 402 g/mol. The van der Waals surface area contributed by atoms with E-state index in [2.05, 4.69) is 19.1 Å². The number of amides is 2. The molecule has 2 rings (SSSR count). The number of carbonyl (C=O) groups excluding carboxylic acids is 2. The molecule has 0 spiro atoms. The molecule has 1 aromatic rings. The van der Waals surface area contributed by atoms with E-state index >= 15 is 0 Å². The number of nitrogens with zero attached hydrogens (tertiary/aromatic N) is 2. The zero-order chi connectivity index (χ0) is 21.6. The average molecular weight is 403 g/mol. The first-order valence-corrected chi connectivity index (χ1v) is 11.1. The summed E-state index contributed by atoms with van der Waals surface area (Å²) in [4.78, 5) is 28.8. The van der Waals surface area contributed by atoms with E-state index in [1.165, 1.54) is 5.56 Å². The normalized spacial score (nSPS) is 20.1. The third-order valence-corrected chi connectivity index (χ3v) is 5.86. The van der Waals surface area contributed by atoms with Crippen molar-refractivity contribution in [3.63, 3.8) is 0 Å². The molecule has 5 nitrogen and oxygen atoms in total. The molecular weight excluding hydrogens is 364 g/mol. The molecule has 0 N–H and O–H groups in total. The van der Waals surface area contributed by atoms with Gasteiger partial charge in [-0.2, -0.15) is 0 Å². The lowest BCUT2D eigenvalue weighted by Gasteiger charge is -2.26. The lowest BCUT2D eigenvalue weighted by Crippen LogP contribution is -2.37. The van der Waals surface area contributed by atoms with Crippen LogP contribution in [0.3, 0.4) is 0 Å². The second-order valence-corrected chi connectivity index (χ2v) is 8.92. The molecule has 1 aromatic carbocycles. The number of carbonyl (C=O) groups is 2. The van der Waals surface area contributed by atoms with Gasteiger partial charge in [0.25, 0.3) is 5.91 Å². The van der Waals surface area contributed by atoms with Crippen LogP contribution in [-0.4, -0.2) is 53.6 Å². The zero-order valence-corrected chi connectivity index (χ0v) is 19.0. The third-order valence-electron chi connectivity index (χ3n) is 5.86. The van der Waals surface area contributed by atoms with Gasteiger partial charge in [0.05, 0.1) is 0 Å². The van der Waals surface area contributed by atoms with Crippen molar-refractivity contribution in [2.75, 3.05) is 26.2 Å². The number of hydrogen-bond acceptors (Lipinski definition) is 3. The van der Waals surface area contributed by atoms with Crippen molar-refractivity contribution >= 4 is 12.0 Å². The number of benzene rings is 1. The van der Waals surface area contributed by atoms with Crippen LogP contribution in [0.15, 0.2) is 24.3 Å². The lowest BCUT2D eigenvalue weighted by atomic mass is 9.81. The maximum absolute atomic E-state index is 12.6. The summed E-state index contributed by atoms with van der Waals surface area (Å²) in [5.41, 5.74) is 1.54. The maximum atomic E-state index is 12.6. The number of ether oxygens (including phenoxy) is 1. The highest BCUT2D eigenvalue weighted by molar-refractivity contribution is 5.94. The average Bonchev–Trinajstić information content (AvgIpc) is 2.90. The minimum absolute atomic E-state index is 0.0885. The SMILES string of the molecule is CC[C@H]1CCN(C(=O)OC(C)(C)C)CC[C@@H]1c1ccc(C(=O)N(CC)CC)cc1. The van der Waals surface area contributed by atoms with E-state index in [-0.39, 0.29) is 12.0 Å². The summed E-state index contributed by atoms with van der Waals surface area (Å²) in [7, 11) is 0. The zero-order valence-electron chi connectivity index (χ0n) is 19.0. The van der Waals surface area contributed by atoms with Crippen LogP contribution in [-0.2, 0) is 4.74 Å². The second-order valence-electron chi connectivity index (χ2n) is 8.92. The fourth-order valence-corrected chi connectivity index (χ4v) is 4.17. The first-order valence-electron chi connectivity index (χ1n) is 11.1. The molecule has 5 heteroatoms. The molecule has 0 unspecified atom stereocenters. The van der Waals surface area contributed by atoms with Crippen LogP contribution in [0.5, 0.6) is 0 Å². The summed E-state index contributed by atoms with van der Waals surface area (Å²) in [6.07, 6.45) is 2.75. The minimum atomic E-state index is -0.472. The first-order chi connectivity index (χ1) is 13.7. The van der Waals surface area contributed by atoms with Crippen molar-refractivity contribution in [1.82, 2.24) is 9.80 Å². The Kier molecular flexibility index (Phi) is 8.12. The largest absolute Gasteiger partial charge is 0.444 e. The van der Waals surface area contributed by atoms with Gasteiger partial charge in [0, 0.05) is 31.7 Å². The molecule has 0 aliphatic carbocycles. The van der Waals surface area contributed by atoms with Gasteiger partial charge in [-0.15, -0.1) is 0 Å². The van der Waals surface area contributed by atoms with Crippen LogP contribution in [0.1, 0.15) is 82.6 Å². The molecule has 29 heavy (non-hydrogen) atoms. The Labute approximate surface area is 176 Å². The molecule has 2 atom stereocenters. The summed E-state index contributed by atoms with van der Waals surface area (Å²) in [6.45, 7) is 14.8. The Balaban J connectivity index is 2.12. The summed E-state index contributed by atoms with van der Waals surface area (Å²) in [5.74, 6) is 1.00.